The molecule has 2 heteroatoms. The number of carbonyl (C=O) groups excluding carboxylic acids is 1. The lowest BCUT2D eigenvalue weighted by Crippen LogP contribution is -2.08. The molecule has 15 heavy (non-hydrogen) atoms. The van der Waals surface area contributed by atoms with E-state index in [-0.39, 0.29) is 0 Å². The van der Waals surface area contributed by atoms with E-state index >= 15 is 0 Å². The summed E-state index contributed by atoms with van der Waals surface area (Å²) in [6.07, 6.45) is 7.37. The number of carbonyl (C=O) groups is 1. The predicted octanol–water partition coefficient (Wildman–Crippen LogP) is 3.34. The van der Waals surface area contributed by atoms with E-state index in [9.17, 15) is 4.79 Å². The number of Topliss-reactive ketones (excluding diaryl/α,β-unsaturated/α-hetero) is 1. The number of ketones is 1. The fourth-order valence-corrected chi connectivity index (χ4v) is 2.03. The van der Waals surface area contributed by atoms with Crippen LogP contribution in [-0.4, -0.2) is 18.5 Å². The van der Waals surface area contributed by atoms with Crippen molar-refractivity contribution in [2.45, 2.75) is 64.9 Å². The number of hydrogen-bond acceptors (Lipinski definition) is 2. The topological polar surface area (TPSA) is 26.3 Å². The highest BCUT2D eigenvalue weighted by Gasteiger charge is 2.16. The van der Waals surface area contributed by atoms with Crippen LogP contribution in [0.4, 0.5) is 0 Å². The van der Waals surface area contributed by atoms with Crippen LogP contribution in [0.25, 0.3) is 0 Å². The number of rotatable bonds is 7. The summed E-state index contributed by atoms with van der Waals surface area (Å²) >= 11 is 0. The van der Waals surface area contributed by atoms with Gasteiger partial charge in [0.25, 0.3) is 0 Å². The van der Waals surface area contributed by atoms with Crippen molar-refractivity contribution < 1.29 is 9.53 Å². The first-order valence-electron chi connectivity index (χ1n) is 6.32. The van der Waals surface area contributed by atoms with Crippen molar-refractivity contribution in [2.24, 2.45) is 5.92 Å². The second-order valence-electron chi connectivity index (χ2n) is 5.00. The summed E-state index contributed by atoms with van der Waals surface area (Å²) in [7, 11) is 0. The molecule has 1 unspecified atom stereocenters. The molecule has 0 aromatic heterocycles. The lowest BCUT2D eigenvalue weighted by molar-refractivity contribution is -0.119. The zero-order valence-electron chi connectivity index (χ0n) is 10.1. The highest BCUT2D eigenvalue weighted by Crippen LogP contribution is 2.17. The minimum absolute atomic E-state index is 0.374. The van der Waals surface area contributed by atoms with Gasteiger partial charge in [-0.1, -0.05) is 20.3 Å². The molecule has 2 nitrogen and oxygen atoms in total. The summed E-state index contributed by atoms with van der Waals surface area (Å²) in [6.45, 7) is 5.31. The molecular weight excluding hydrogens is 188 g/mol. The third-order valence-electron chi connectivity index (χ3n) is 3.01. The molecule has 0 spiro atoms. The quantitative estimate of drug-likeness (QED) is 0.647. The SMILES string of the molecule is CC(C)CCCC(=O)CCC1CCCO1. The second kappa shape index (κ2) is 7.00. The van der Waals surface area contributed by atoms with Gasteiger partial charge < -0.3 is 4.74 Å². The van der Waals surface area contributed by atoms with Crippen LogP contribution in [-0.2, 0) is 9.53 Å². The molecule has 1 rings (SSSR count). The maximum atomic E-state index is 11.5. The molecule has 0 saturated carbocycles. The van der Waals surface area contributed by atoms with Gasteiger partial charge in [-0.05, 0) is 31.6 Å². The maximum Gasteiger partial charge on any atom is 0.133 e. The molecule has 0 aromatic rings. The van der Waals surface area contributed by atoms with Crippen LogP contribution >= 0.6 is 0 Å². The summed E-state index contributed by atoms with van der Waals surface area (Å²) in [4.78, 5) is 11.5. The third kappa shape index (κ3) is 5.93. The Morgan fingerprint density at radius 2 is 2.20 bits per heavy atom. The smallest absolute Gasteiger partial charge is 0.133 e. The van der Waals surface area contributed by atoms with E-state index in [4.69, 9.17) is 4.74 Å². The van der Waals surface area contributed by atoms with Crippen LogP contribution in [0.15, 0.2) is 0 Å². The Bertz CT molecular complexity index is 181. The van der Waals surface area contributed by atoms with Gasteiger partial charge in [0.2, 0.25) is 0 Å². The van der Waals surface area contributed by atoms with Gasteiger partial charge in [0, 0.05) is 19.4 Å². The first-order valence-corrected chi connectivity index (χ1v) is 6.32. The average Bonchev–Trinajstić information content (AvgIpc) is 2.66. The van der Waals surface area contributed by atoms with Crippen molar-refractivity contribution in [1.29, 1.82) is 0 Å². The van der Waals surface area contributed by atoms with Crippen LogP contribution < -0.4 is 0 Å². The van der Waals surface area contributed by atoms with Crippen LogP contribution in [0.5, 0.6) is 0 Å². The van der Waals surface area contributed by atoms with Gasteiger partial charge in [-0.25, -0.2) is 0 Å². The predicted molar refractivity (Wildman–Crippen MR) is 61.9 cm³/mol. The van der Waals surface area contributed by atoms with E-state index < -0.39 is 0 Å². The minimum atomic E-state index is 0.374. The van der Waals surface area contributed by atoms with E-state index in [1.165, 1.54) is 12.8 Å². The molecular formula is C13H24O2. The Morgan fingerprint density at radius 3 is 2.80 bits per heavy atom. The molecule has 0 amide bonds. The highest BCUT2D eigenvalue weighted by molar-refractivity contribution is 5.78. The van der Waals surface area contributed by atoms with Gasteiger partial charge >= 0.3 is 0 Å². The number of hydrogen-bond donors (Lipinski definition) is 0. The average molecular weight is 212 g/mol. The van der Waals surface area contributed by atoms with Crippen molar-refractivity contribution in [3.8, 4) is 0 Å². The first-order chi connectivity index (χ1) is 7.18. The van der Waals surface area contributed by atoms with E-state index in [1.807, 2.05) is 0 Å². The third-order valence-corrected chi connectivity index (χ3v) is 3.01. The Kier molecular flexibility index (Phi) is 5.92. The Morgan fingerprint density at radius 1 is 1.40 bits per heavy atom. The summed E-state index contributed by atoms with van der Waals surface area (Å²) < 4.78 is 5.49. The highest BCUT2D eigenvalue weighted by atomic mass is 16.5. The van der Waals surface area contributed by atoms with Crippen LogP contribution in [0, 0.1) is 5.92 Å². The second-order valence-corrected chi connectivity index (χ2v) is 5.00. The molecule has 1 aliphatic heterocycles. The van der Waals surface area contributed by atoms with E-state index in [1.54, 1.807) is 0 Å². The van der Waals surface area contributed by atoms with Gasteiger partial charge in [-0.2, -0.15) is 0 Å². The molecule has 0 N–H and O–H groups in total. The van der Waals surface area contributed by atoms with Gasteiger partial charge in [-0.3, -0.25) is 4.79 Å². The normalized spacial score (nSPS) is 21.1. The lowest BCUT2D eigenvalue weighted by Gasteiger charge is -2.08. The van der Waals surface area contributed by atoms with Crippen molar-refractivity contribution in [1.82, 2.24) is 0 Å². The van der Waals surface area contributed by atoms with Crippen molar-refractivity contribution in [3.63, 3.8) is 0 Å². The monoisotopic (exact) mass is 212 g/mol. The molecule has 1 heterocycles. The fourth-order valence-electron chi connectivity index (χ4n) is 2.03. The summed E-state index contributed by atoms with van der Waals surface area (Å²) in [5.74, 6) is 1.14. The molecule has 1 saturated heterocycles. The summed E-state index contributed by atoms with van der Waals surface area (Å²) in [5, 5.41) is 0. The van der Waals surface area contributed by atoms with Gasteiger partial charge in [-0.15, -0.1) is 0 Å². The molecule has 1 aliphatic rings. The van der Waals surface area contributed by atoms with Crippen LogP contribution in [0.2, 0.25) is 0 Å². The largest absolute Gasteiger partial charge is 0.378 e. The molecule has 0 aromatic carbocycles. The van der Waals surface area contributed by atoms with Crippen LogP contribution in [0.1, 0.15) is 58.8 Å². The molecule has 1 atom stereocenters. The van der Waals surface area contributed by atoms with Crippen molar-refractivity contribution in [2.75, 3.05) is 6.61 Å². The van der Waals surface area contributed by atoms with Crippen molar-refractivity contribution >= 4 is 5.78 Å². The number of ether oxygens (including phenoxy) is 1. The van der Waals surface area contributed by atoms with E-state index in [0.717, 1.165) is 44.6 Å². The fraction of sp³-hybridized carbons (Fsp3) is 0.923. The standard InChI is InChI=1S/C13H24O2/c1-11(2)5-3-6-12(14)8-9-13-7-4-10-15-13/h11,13H,3-10H2,1-2H3. The minimum Gasteiger partial charge on any atom is -0.378 e. The van der Waals surface area contributed by atoms with Gasteiger partial charge in [0.05, 0.1) is 6.10 Å². The molecule has 0 radical (unpaired) electrons. The van der Waals surface area contributed by atoms with Crippen molar-refractivity contribution in [3.05, 3.63) is 0 Å². The first kappa shape index (κ1) is 12.7. The van der Waals surface area contributed by atoms with E-state index in [0.29, 0.717) is 11.9 Å². The molecule has 0 aliphatic carbocycles. The van der Waals surface area contributed by atoms with E-state index in [2.05, 4.69) is 13.8 Å². The Hall–Kier alpha value is -0.370. The van der Waals surface area contributed by atoms with Gasteiger partial charge in [0.1, 0.15) is 5.78 Å². The zero-order valence-corrected chi connectivity index (χ0v) is 10.1. The molecule has 1 fully saturated rings. The Labute approximate surface area is 93.4 Å². The molecule has 0 bridgehead atoms. The van der Waals surface area contributed by atoms with Gasteiger partial charge in [0.15, 0.2) is 0 Å². The van der Waals surface area contributed by atoms with Crippen LogP contribution in [0.3, 0.4) is 0 Å². The maximum absolute atomic E-state index is 11.5. The Balaban J connectivity index is 1.98. The lowest BCUT2D eigenvalue weighted by atomic mass is 10.0. The zero-order chi connectivity index (χ0) is 11.1. The molecule has 88 valence electrons. The summed E-state index contributed by atoms with van der Waals surface area (Å²) in [5.41, 5.74) is 0. The summed E-state index contributed by atoms with van der Waals surface area (Å²) in [6, 6.07) is 0.